The van der Waals surface area contributed by atoms with Gasteiger partial charge < -0.3 is 5.32 Å². The lowest BCUT2D eigenvalue weighted by Gasteiger charge is -2.16. The van der Waals surface area contributed by atoms with Crippen molar-refractivity contribution in [1.82, 2.24) is 14.7 Å². The molecule has 0 bridgehead atoms. The Balaban J connectivity index is 1.64. The average molecular weight is 235 g/mol. The van der Waals surface area contributed by atoms with Crippen molar-refractivity contribution < 1.29 is 0 Å². The van der Waals surface area contributed by atoms with Gasteiger partial charge in [-0.15, -0.1) is 11.3 Å². The van der Waals surface area contributed by atoms with Gasteiger partial charge in [0.25, 0.3) is 0 Å². The number of hydrogen-bond acceptors (Lipinski definition) is 3. The first-order valence-corrected chi connectivity index (χ1v) is 6.85. The number of thiazole rings is 1. The van der Waals surface area contributed by atoms with Gasteiger partial charge in [-0.3, -0.25) is 4.40 Å². The molecule has 2 aromatic heterocycles. The number of hydrogen-bond donors (Lipinski definition) is 1. The van der Waals surface area contributed by atoms with E-state index in [2.05, 4.69) is 39.4 Å². The van der Waals surface area contributed by atoms with Gasteiger partial charge in [0.2, 0.25) is 0 Å². The van der Waals surface area contributed by atoms with Crippen LogP contribution in [-0.4, -0.2) is 15.4 Å². The molecule has 0 radical (unpaired) electrons. The van der Waals surface area contributed by atoms with E-state index < -0.39 is 0 Å². The lowest BCUT2D eigenvalue weighted by atomic mass is 10.1. The second kappa shape index (κ2) is 4.18. The Hall–Kier alpha value is -0.870. The summed E-state index contributed by atoms with van der Waals surface area (Å²) in [6, 6.07) is 0.694. The van der Waals surface area contributed by atoms with Gasteiger partial charge in [0, 0.05) is 30.4 Å². The van der Waals surface area contributed by atoms with E-state index in [0.29, 0.717) is 6.04 Å². The SMILES string of the molecule is CC1CCCC1NCc1cn2ccsc2n1. The number of imidazole rings is 1. The van der Waals surface area contributed by atoms with Gasteiger partial charge in [-0.05, 0) is 18.8 Å². The molecule has 1 aliphatic carbocycles. The van der Waals surface area contributed by atoms with Crippen LogP contribution < -0.4 is 5.32 Å². The van der Waals surface area contributed by atoms with Crippen LogP contribution in [0.2, 0.25) is 0 Å². The molecule has 0 aromatic carbocycles. The fraction of sp³-hybridized carbons (Fsp3) is 0.583. The van der Waals surface area contributed by atoms with Crippen molar-refractivity contribution >= 4 is 16.3 Å². The van der Waals surface area contributed by atoms with Crippen molar-refractivity contribution in [2.45, 2.75) is 38.8 Å². The molecule has 0 aliphatic heterocycles. The van der Waals surface area contributed by atoms with Crippen LogP contribution in [0.15, 0.2) is 17.8 Å². The van der Waals surface area contributed by atoms with Gasteiger partial charge >= 0.3 is 0 Å². The molecular weight excluding hydrogens is 218 g/mol. The normalized spacial score (nSPS) is 25.6. The quantitative estimate of drug-likeness (QED) is 0.886. The second-order valence-corrected chi connectivity index (χ2v) is 5.59. The fourth-order valence-electron chi connectivity index (χ4n) is 2.55. The molecular formula is C12H17N3S. The number of aromatic nitrogens is 2. The number of nitrogens with one attached hydrogen (secondary N) is 1. The molecule has 1 saturated carbocycles. The van der Waals surface area contributed by atoms with Gasteiger partial charge in [-0.25, -0.2) is 4.98 Å². The molecule has 1 fully saturated rings. The highest BCUT2D eigenvalue weighted by molar-refractivity contribution is 7.15. The van der Waals surface area contributed by atoms with Crippen LogP contribution in [0.4, 0.5) is 0 Å². The van der Waals surface area contributed by atoms with E-state index in [1.54, 1.807) is 11.3 Å². The number of rotatable bonds is 3. The van der Waals surface area contributed by atoms with E-state index in [1.165, 1.54) is 19.3 Å². The molecule has 2 unspecified atom stereocenters. The van der Waals surface area contributed by atoms with Crippen molar-refractivity contribution in [3.8, 4) is 0 Å². The van der Waals surface area contributed by atoms with E-state index in [1.807, 2.05) is 0 Å². The first-order chi connectivity index (χ1) is 7.83. The summed E-state index contributed by atoms with van der Waals surface area (Å²) in [5.74, 6) is 0.823. The Bertz CT molecular complexity index is 445. The van der Waals surface area contributed by atoms with E-state index in [9.17, 15) is 0 Å². The maximum Gasteiger partial charge on any atom is 0.193 e. The van der Waals surface area contributed by atoms with Crippen molar-refractivity contribution in [2.24, 2.45) is 5.92 Å². The molecule has 2 atom stereocenters. The predicted octanol–water partition coefficient (Wildman–Crippen LogP) is 2.67. The zero-order valence-corrected chi connectivity index (χ0v) is 10.3. The molecule has 3 nitrogen and oxygen atoms in total. The summed E-state index contributed by atoms with van der Waals surface area (Å²) in [5.41, 5.74) is 1.16. The van der Waals surface area contributed by atoms with Crippen molar-refractivity contribution in [2.75, 3.05) is 0 Å². The van der Waals surface area contributed by atoms with Crippen LogP contribution in [0.5, 0.6) is 0 Å². The first kappa shape index (κ1) is 10.3. The number of fused-ring (bicyclic) bond motifs is 1. The third kappa shape index (κ3) is 1.87. The standard InChI is InChI=1S/C12H17N3S/c1-9-3-2-4-11(9)13-7-10-8-15-5-6-16-12(15)14-10/h5-6,8-9,11,13H,2-4,7H2,1H3. The summed E-state index contributed by atoms with van der Waals surface area (Å²) in [4.78, 5) is 5.67. The minimum Gasteiger partial charge on any atom is -0.308 e. The molecule has 4 heteroatoms. The zero-order valence-electron chi connectivity index (χ0n) is 9.52. The molecule has 86 valence electrons. The summed E-state index contributed by atoms with van der Waals surface area (Å²) in [5, 5.41) is 5.70. The third-order valence-electron chi connectivity index (χ3n) is 3.55. The molecule has 2 heterocycles. The summed E-state index contributed by atoms with van der Waals surface area (Å²) in [6.45, 7) is 3.25. The van der Waals surface area contributed by atoms with E-state index >= 15 is 0 Å². The summed E-state index contributed by atoms with van der Waals surface area (Å²) in [6.07, 6.45) is 8.25. The molecule has 16 heavy (non-hydrogen) atoms. The summed E-state index contributed by atoms with van der Waals surface area (Å²) < 4.78 is 2.10. The fourth-order valence-corrected chi connectivity index (χ4v) is 3.26. The Morgan fingerprint density at radius 1 is 1.56 bits per heavy atom. The largest absolute Gasteiger partial charge is 0.308 e. The van der Waals surface area contributed by atoms with Crippen LogP contribution in [-0.2, 0) is 6.54 Å². The van der Waals surface area contributed by atoms with Crippen molar-refractivity contribution in [3.05, 3.63) is 23.5 Å². The van der Waals surface area contributed by atoms with Crippen molar-refractivity contribution in [3.63, 3.8) is 0 Å². The van der Waals surface area contributed by atoms with Gasteiger partial charge in [-0.1, -0.05) is 13.3 Å². The van der Waals surface area contributed by atoms with Crippen LogP contribution in [0.3, 0.4) is 0 Å². The van der Waals surface area contributed by atoms with Gasteiger partial charge in [-0.2, -0.15) is 0 Å². The smallest absolute Gasteiger partial charge is 0.193 e. The van der Waals surface area contributed by atoms with Crippen molar-refractivity contribution in [1.29, 1.82) is 0 Å². The Kier molecular flexibility index (Phi) is 2.69. The van der Waals surface area contributed by atoms with Gasteiger partial charge in [0.05, 0.1) is 5.69 Å². The molecule has 0 amide bonds. The first-order valence-electron chi connectivity index (χ1n) is 5.97. The Morgan fingerprint density at radius 3 is 3.25 bits per heavy atom. The van der Waals surface area contributed by atoms with Crippen LogP contribution in [0.1, 0.15) is 31.9 Å². The molecule has 1 aliphatic rings. The topological polar surface area (TPSA) is 29.3 Å². The van der Waals surface area contributed by atoms with Crippen LogP contribution in [0.25, 0.3) is 4.96 Å². The lowest BCUT2D eigenvalue weighted by Crippen LogP contribution is -2.30. The van der Waals surface area contributed by atoms with Crippen LogP contribution >= 0.6 is 11.3 Å². The monoisotopic (exact) mass is 235 g/mol. The minimum atomic E-state index is 0.694. The molecule has 2 aromatic rings. The number of nitrogens with zero attached hydrogens (tertiary/aromatic N) is 2. The van der Waals surface area contributed by atoms with E-state index in [4.69, 9.17) is 0 Å². The molecule has 0 spiro atoms. The summed E-state index contributed by atoms with van der Waals surface area (Å²) in [7, 11) is 0. The molecule has 0 saturated heterocycles. The lowest BCUT2D eigenvalue weighted by molar-refractivity contribution is 0.424. The highest BCUT2D eigenvalue weighted by atomic mass is 32.1. The molecule has 3 rings (SSSR count). The average Bonchev–Trinajstić information content (AvgIpc) is 2.89. The highest BCUT2D eigenvalue weighted by Gasteiger charge is 2.22. The highest BCUT2D eigenvalue weighted by Crippen LogP contribution is 2.25. The molecule has 1 N–H and O–H groups in total. The minimum absolute atomic E-state index is 0.694. The van der Waals surface area contributed by atoms with Crippen LogP contribution in [0, 0.1) is 5.92 Å². The van der Waals surface area contributed by atoms with E-state index in [0.717, 1.165) is 23.1 Å². The summed E-state index contributed by atoms with van der Waals surface area (Å²) >= 11 is 1.69. The zero-order chi connectivity index (χ0) is 11.0. The maximum atomic E-state index is 4.58. The Morgan fingerprint density at radius 2 is 2.50 bits per heavy atom. The van der Waals surface area contributed by atoms with Gasteiger partial charge in [0.15, 0.2) is 4.96 Å². The second-order valence-electron chi connectivity index (χ2n) is 4.72. The van der Waals surface area contributed by atoms with Gasteiger partial charge in [0.1, 0.15) is 0 Å². The van der Waals surface area contributed by atoms with E-state index in [-0.39, 0.29) is 0 Å². The predicted molar refractivity (Wildman–Crippen MR) is 66.7 cm³/mol. The third-order valence-corrected chi connectivity index (χ3v) is 4.32. The maximum absolute atomic E-state index is 4.58. The Labute approximate surface area is 99.5 Å².